The van der Waals surface area contributed by atoms with Gasteiger partial charge in [0.05, 0.1) is 17.1 Å². The van der Waals surface area contributed by atoms with Gasteiger partial charge in [-0.15, -0.1) is 11.3 Å². The highest BCUT2D eigenvalue weighted by atomic mass is 35.5. The Hall–Kier alpha value is -2.67. The van der Waals surface area contributed by atoms with Gasteiger partial charge in [-0.1, -0.05) is 29.3 Å². The van der Waals surface area contributed by atoms with Gasteiger partial charge in [0.25, 0.3) is 5.91 Å². The molecular weight excluding hydrogens is 403 g/mol. The molecule has 4 aromatic rings. The van der Waals surface area contributed by atoms with E-state index in [0.717, 1.165) is 16.8 Å². The number of nitrogens with one attached hydrogen (secondary N) is 1. The SMILES string of the molecule is Nc1c(C(=O)Nc2cc(Cl)cc(Cl)c2)sc2nc(-c3ccccn3)ccc12. The van der Waals surface area contributed by atoms with Crippen LogP contribution in [0.1, 0.15) is 9.67 Å². The van der Waals surface area contributed by atoms with Crippen molar-refractivity contribution in [2.24, 2.45) is 0 Å². The Morgan fingerprint density at radius 1 is 1.04 bits per heavy atom. The maximum atomic E-state index is 12.7. The van der Waals surface area contributed by atoms with Gasteiger partial charge in [0.1, 0.15) is 9.71 Å². The van der Waals surface area contributed by atoms with E-state index in [1.54, 1.807) is 24.4 Å². The third-order valence-corrected chi connectivity index (χ3v) is 5.40. The largest absolute Gasteiger partial charge is 0.397 e. The number of nitrogens with two attached hydrogens (primary N) is 1. The fraction of sp³-hybridized carbons (Fsp3) is 0. The second-order valence-corrected chi connectivity index (χ2v) is 7.59. The molecule has 0 fully saturated rings. The summed E-state index contributed by atoms with van der Waals surface area (Å²) in [6.07, 6.45) is 1.71. The van der Waals surface area contributed by atoms with Gasteiger partial charge in [-0.2, -0.15) is 0 Å². The second-order valence-electron chi connectivity index (χ2n) is 5.72. The Labute approximate surface area is 168 Å². The zero-order valence-electron chi connectivity index (χ0n) is 13.7. The van der Waals surface area contributed by atoms with Crippen LogP contribution in [0.5, 0.6) is 0 Å². The monoisotopic (exact) mass is 414 g/mol. The molecule has 3 heterocycles. The Kier molecular flexibility index (Phi) is 4.70. The maximum absolute atomic E-state index is 12.7. The molecule has 1 amide bonds. The van der Waals surface area contributed by atoms with Crippen LogP contribution in [-0.2, 0) is 0 Å². The number of rotatable bonds is 3. The summed E-state index contributed by atoms with van der Waals surface area (Å²) in [7, 11) is 0. The lowest BCUT2D eigenvalue weighted by Crippen LogP contribution is -2.11. The highest BCUT2D eigenvalue weighted by Gasteiger charge is 2.18. The standard InChI is InChI=1S/C19H12Cl2N4OS/c20-10-7-11(21)9-12(8-10)24-18(26)17-16(22)13-4-5-15(25-19(13)27-17)14-3-1-2-6-23-14/h1-9H,22H2,(H,24,26). The highest BCUT2D eigenvalue weighted by molar-refractivity contribution is 7.21. The predicted octanol–water partition coefficient (Wildman–Crippen LogP) is 5.50. The Balaban J connectivity index is 1.69. The van der Waals surface area contributed by atoms with Gasteiger partial charge in [0.15, 0.2) is 0 Å². The molecule has 0 aliphatic rings. The lowest BCUT2D eigenvalue weighted by atomic mass is 10.2. The van der Waals surface area contributed by atoms with E-state index in [1.807, 2.05) is 30.3 Å². The molecular formula is C19H12Cl2N4OS. The minimum absolute atomic E-state index is 0.340. The van der Waals surface area contributed by atoms with Crippen LogP contribution in [0.2, 0.25) is 10.0 Å². The summed E-state index contributed by atoms with van der Waals surface area (Å²) in [5.74, 6) is -0.340. The van der Waals surface area contributed by atoms with Gasteiger partial charge < -0.3 is 11.1 Å². The van der Waals surface area contributed by atoms with Crippen LogP contribution in [0.4, 0.5) is 11.4 Å². The van der Waals surface area contributed by atoms with Crippen LogP contribution in [0.3, 0.4) is 0 Å². The number of nitrogens with zero attached hydrogens (tertiary/aromatic N) is 2. The van der Waals surface area contributed by atoms with Crippen molar-refractivity contribution in [3.05, 3.63) is 69.7 Å². The fourth-order valence-corrected chi connectivity index (χ4v) is 4.15. The van der Waals surface area contributed by atoms with Crippen LogP contribution in [-0.4, -0.2) is 15.9 Å². The van der Waals surface area contributed by atoms with Crippen molar-refractivity contribution < 1.29 is 4.79 Å². The quantitative estimate of drug-likeness (QED) is 0.463. The topological polar surface area (TPSA) is 80.9 Å². The molecule has 0 saturated carbocycles. The Morgan fingerprint density at radius 2 is 1.81 bits per heavy atom. The number of aromatic nitrogens is 2. The van der Waals surface area contributed by atoms with E-state index in [-0.39, 0.29) is 5.91 Å². The van der Waals surface area contributed by atoms with Crippen molar-refractivity contribution in [3.63, 3.8) is 0 Å². The second kappa shape index (κ2) is 7.15. The van der Waals surface area contributed by atoms with Crippen molar-refractivity contribution in [2.45, 2.75) is 0 Å². The molecule has 0 atom stereocenters. The van der Waals surface area contributed by atoms with Gasteiger partial charge >= 0.3 is 0 Å². The van der Waals surface area contributed by atoms with E-state index in [2.05, 4.69) is 15.3 Å². The van der Waals surface area contributed by atoms with Gasteiger partial charge in [-0.05, 0) is 42.5 Å². The average Bonchev–Trinajstić information content (AvgIpc) is 2.98. The first-order valence-electron chi connectivity index (χ1n) is 7.89. The summed E-state index contributed by atoms with van der Waals surface area (Å²) < 4.78 is 0. The molecule has 134 valence electrons. The number of thiophene rings is 1. The summed E-state index contributed by atoms with van der Waals surface area (Å²) in [6, 6.07) is 14.1. The van der Waals surface area contributed by atoms with Gasteiger partial charge in [0, 0.05) is 27.3 Å². The number of hydrogen-bond acceptors (Lipinski definition) is 5. The molecule has 0 saturated heterocycles. The van der Waals surface area contributed by atoms with Crippen LogP contribution in [0.25, 0.3) is 21.6 Å². The van der Waals surface area contributed by atoms with E-state index < -0.39 is 0 Å². The van der Waals surface area contributed by atoms with Crippen molar-refractivity contribution in [1.82, 2.24) is 9.97 Å². The summed E-state index contributed by atoms with van der Waals surface area (Å²) in [5, 5.41) is 4.37. The number of carbonyl (C=O) groups is 1. The van der Waals surface area contributed by atoms with Gasteiger partial charge in [-0.3, -0.25) is 9.78 Å². The summed E-state index contributed by atoms with van der Waals surface area (Å²) >= 11 is 13.2. The zero-order valence-corrected chi connectivity index (χ0v) is 16.1. The lowest BCUT2D eigenvalue weighted by Gasteiger charge is -2.05. The average molecular weight is 415 g/mol. The van der Waals surface area contributed by atoms with E-state index in [0.29, 0.717) is 31.1 Å². The molecule has 0 bridgehead atoms. The van der Waals surface area contributed by atoms with Crippen LogP contribution in [0.15, 0.2) is 54.7 Å². The summed E-state index contributed by atoms with van der Waals surface area (Å²) in [6.45, 7) is 0. The number of amides is 1. The van der Waals surface area contributed by atoms with E-state index >= 15 is 0 Å². The van der Waals surface area contributed by atoms with E-state index in [4.69, 9.17) is 28.9 Å². The zero-order chi connectivity index (χ0) is 19.0. The molecule has 3 aromatic heterocycles. The summed E-state index contributed by atoms with van der Waals surface area (Å²) in [5.41, 5.74) is 8.55. The molecule has 8 heteroatoms. The Morgan fingerprint density at radius 3 is 2.52 bits per heavy atom. The highest BCUT2D eigenvalue weighted by Crippen LogP contribution is 2.34. The molecule has 0 aliphatic carbocycles. The third kappa shape index (κ3) is 3.60. The first-order chi connectivity index (χ1) is 13.0. The molecule has 0 unspecified atom stereocenters. The third-order valence-electron chi connectivity index (χ3n) is 3.85. The number of benzene rings is 1. The molecule has 0 radical (unpaired) electrons. The number of carbonyl (C=O) groups excluding carboxylic acids is 1. The van der Waals surface area contributed by atoms with Crippen LogP contribution in [0, 0.1) is 0 Å². The normalized spacial score (nSPS) is 10.9. The number of halogens is 2. The van der Waals surface area contributed by atoms with Gasteiger partial charge in [0.2, 0.25) is 0 Å². The molecule has 4 rings (SSSR count). The van der Waals surface area contributed by atoms with Crippen LogP contribution >= 0.6 is 34.5 Å². The Bertz CT molecular complexity index is 1140. The minimum atomic E-state index is -0.340. The minimum Gasteiger partial charge on any atom is -0.397 e. The predicted molar refractivity (Wildman–Crippen MR) is 112 cm³/mol. The van der Waals surface area contributed by atoms with Crippen molar-refractivity contribution >= 4 is 62.0 Å². The number of anilines is 2. The molecule has 5 nitrogen and oxygen atoms in total. The molecule has 0 spiro atoms. The van der Waals surface area contributed by atoms with Crippen molar-refractivity contribution in [3.8, 4) is 11.4 Å². The maximum Gasteiger partial charge on any atom is 0.267 e. The van der Waals surface area contributed by atoms with E-state index in [1.165, 1.54) is 11.3 Å². The molecule has 3 N–H and O–H groups in total. The first-order valence-corrected chi connectivity index (χ1v) is 9.46. The van der Waals surface area contributed by atoms with Crippen molar-refractivity contribution in [1.29, 1.82) is 0 Å². The van der Waals surface area contributed by atoms with E-state index in [9.17, 15) is 4.79 Å². The number of fused-ring (bicyclic) bond motifs is 1. The van der Waals surface area contributed by atoms with Crippen molar-refractivity contribution in [2.75, 3.05) is 11.1 Å². The fourth-order valence-electron chi connectivity index (χ4n) is 2.64. The number of hydrogen-bond donors (Lipinski definition) is 2. The summed E-state index contributed by atoms with van der Waals surface area (Å²) in [4.78, 5) is 22.6. The molecule has 1 aromatic carbocycles. The number of pyridine rings is 2. The first kappa shape index (κ1) is 17.7. The molecule has 0 aliphatic heterocycles. The smallest absolute Gasteiger partial charge is 0.267 e. The molecule has 27 heavy (non-hydrogen) atoms. The van der Waals surface area contributed by atoms with Gasteiger partial charge in [-0.25, -0.2) is 4.98 Å². The lowest BCUT2D eigenvalue weighted by molar-refractivity contribution is 0.103. The van der Waals surface area contributed by atoms with Crippen LogP contribution < -0.4 is 11.1 Å². The number of nitrogen functional groups attached to an aromatic ring is 1.